The summed E-state index contributed by atoms with van der Waals surface area (Å²) in [6.45, 7) is 6.15. The molecule has 10 nitrogen and oxygen atoms in total. The number of piperidine rings is 1. The van der Waals surface area contributed by atoms with E-state index in [1.807, 2.05) is 0 Å². The molecule has 3 heterocycles. The summed E-state index contributed by atoms with van der Waals surface area (Å²) in [5.41, 5.74) is -1.64. The SMILES string of the molecule is CC(C)(C)OC(=O)N1CCC[C@@H](NC(=O)Cn2cc3cc(NC(=O)c4cccc(C(F)(F)F)n4)c(Cl)cc3n2)C1. The molecule has 214 valence electrons. The van der Waals surface area contributed by atoms with Crippen LogP contribution in [0.3, 0.4) is 0 Å². The quantitative estimate of drug-likeness (QED) is 0.444. The van der Waals surface area contributed by atoms with Crippen LogP contribution in [-0.2, 0) is 22.3 Å². The number of nitrogens with one attached hydrogen (secondary N) is 2. The second kappa shape index (κ2) is 11.3. The summed E-state index contributed by atoms with van der Waals surface area (Å²) in [5.74, 6) is -1.17. The van der Waals surface area contributed by atoms with E-state index in [-0.39, 0.29) is 29.2 Å². The number of hydrogen-bond donors (Lipinski definition) is 2. The average Bonchev–Trinajstić information content (AvgIpc) is 3.23. The molecule has 2 N–H and O–H groups in total. The van der Waals surface area contributed by atoms with Gasteiger partial charge in [0.15, 0.2) is 0 Å². The molecule has 2 aromatic heterocycles. The fourth-order valence-electron chi connectivity index (χ4n) is 4.19. The number of rotatable bonds is 5. The maximum absolute atomic E-state index is 13.0. The first kappa shape index (κ1) is 29.1. The van der Waals surface area contributed by atoms with E-state index < -0.39 is 35.2 Å². The number of benzene rings is 1. The number of hydrogen-bond acceptors (Lipinski definition) is 6. The van der Waals surface area contributed by atoms with Gasteiger partial charge in [-0.15, -0.1) is 0 Å². The molecule has 0 aliphatic carbocycles. The Morgan fingerprint density at radius 2 is 1.93 bits per heavy atom. The standard InChI is InChI=1S/C26H28ClF3N6O4/c1-25(2,3)40-24(39)35-9-5-6-16(13-35)31-22(37)14-36-12-15-10-20(17(27)11-19(15)34-36)33-23(38)18-7-4-8-21(32-18)26(28,29)30/h4,7-8,10-12,16H,5-6,9,13-14H2,1-3H3,(H,31,37)(H,33,38)/t16-/m1/s1. The zero-order valence-corrected chi connectivity index (χ0v) is 22.8. The fraction of sp³-hybridized carbons (Fsp3) is 0.423. The van der Waals surface area contributed by atoms with E-state index in [0.29, 0.717) is 30.4 Å². The largest absolute Gasteiger partial charge is 0.444 e. The van der Waals surface area contributed by atoms with Crippen LogP contribution in [0.1, 0.15) is 49.8 Å². The number of nitrogens with zero attached hydrogens (tertiary/aromatic N) is 4. The van der Waals surface area contributed by atoms with Crippen LogP contribution in [-0.4, -0.2) is 62.3 Å². The molecule has 1 aliphatic heterocycles. The number of ether oxygens (including phenoxy) is 1. The first-order chi connectivity index (χ1) is 18.7. The molecule has 14 heteroatoms. The van der Waals surface area contributed by atoms with Crippen molar-refractivity contribution < 1.29 is 32.3 Å². The molecule has 0 saturated carbocycles. The van der Waals surface area contributed by atoms with Gasteiger partial charge in [0, 0.05) is 30.7 Å². The lowest BCUT2D eigenvalue weighted by molar-refractivity contribution is -0.141. The first-order valence-corrected chi connectivity index (χ1v) is 12.9. The molecule has 0 bridgehead atoms. The topological polar surface area (TPSA) is 118 Å². The van der Waals surface area contributed by atoms with E-state index in [1.54, 1.807) is 31.9 Å². The molecule has 4 rings (SSSR count). The van der Waals surface area contributed by atoms with Crippen LogP contribution in [0, 0.1) is 0 Å². The van der Waals surface area contributed by atoms with Gasteiger partial charge in [0.2, 0.25) is 5.91 Å². The van der Waals surface area contributed by atoms with Crippen molar-refractivity contribution in [3.63, 3.8) is 0 Å². The third-order valence-corrected chi connectivity index (χ3v) is 6.22. The molecule has 1 aromatic carbocycles. The van der Waals surface area contributed by atoms with Crippen molar-refractivity contribution in [2.24, 2.45) is 0 Å². The fourth-order valence-corrected chi connectivity index (χ4v) is 4.39. The molecular formula is C26H28ClF3N6O4. The van der Waals surface area contributed by atoms with Crippen LogP contribution in [0.5, 0.6) is 0 Å². The summed E-state index contributed by atoms with van der Waals surface area (Å²) in [7, 11) is 0. The summed E-state index contributed by atoms with van der Waals surface area (Å²) in [6, 6.07) is 5.76. The van der Waals surface area contributed by atoms with Gasteiger partial charge in [-0.1, -0.05) is 17.7 Å². The van der Waals surface area contributed by atoms with E-state index in [2.05, 4.69) is 20.7 Å². The predicted octanol–water partition coefficient (Wildman–Crippen LogP) is 4.87. The molecule has 1 atom stereocenters. The van der Waals surface area contributed by atoms with Crippen LogP contribution >= 0.6 is 11.6 Å². The van der Waals surface area contributed by atoms with Gasteiger partial charge in [0.25, 0.3) is 5.91 Å². The number of fused-ring (bicyclic) bond motifs is 1. The molecule has 0 unspecified atom stereocenters. The van der Waals surface area contributed by atoms with Gasteiger partial charge in [-0.05, 0) is 57.9 Å². The second-order valence-corrected chi connectivity index (χ2v) is 10.8. The normalized spacial score (nSPS) is 16.1. The highest BCUT2D eigenvalue weighted by Gasteiger charge is 2.33. The lowest BCUT2D eigenvalue weighted by Crippen LogP contribution is -2.51. The Labute approximate surface area is 232 Å². The zero-order chi connectivity index (χ0) is 29.2. The third kappa shape index (κ3) is 7.40. The Hall–Kier alpha value is -3.87. The summed E-state index contributed by atoms with van der Waals surface area (Å²) in [6.07, 6.45) is -2.10. The number of carbonyl (C=O) groups excluding carboxylic acids is 3. The van der Waals surface area contributed by atoms with Gasteiger partial charge >= 0.3 is 12.3 Å². The van der Waals surface area contributed by atoms with Crippen molar-refractivity contribution in [3.8, 4) is 0 Å². The van der Waals surface area contributed by atoms with Gasteiger partial charge < -0.3 is 20.3 Å². The third-order valence-electron chi connectivity index (χ3n) is 5.90. The Morgan fingerprint density at radius 3 is 2.62 bits per heavy atom. The predicted molar refractivity (Wildman–Crippen MR) is 141 cm³/mol. The first-order valence-electron chi connectivity index (χ1n) is 12.5. The number of halogens is 4. The van der Waals surface area contributed by atoms with E-state index in [1.165, 1.54) is 16.8 Å². The van der Waals surface area contributed by atoms with Crippen molar-refractivity contribution in [1.82, 2.24) is 25.0 Å². The van der Waals surface area contributed by atoms with Crippen molar-refractivity contribution in [2.45, 2.75) is 58.0 Å². The summed E-state index contributed by atoms with van der Waals surface area (Å²) < 4.78 is 45.7. The van der Waals surface area contributed by atoms with Crippen molar-refractivity contribution >= 4 is 46.1 Å². The Balaban J connectivity index is 1.39. The molecule has 3 aromatic rings. The smallest absolute Gasteiger partial charge is 0.433 e. The molecule has 3 amide bonds. The van der Waals surface area contributed by atoms with E-state index in [0.717, 1.165) is 24.6 Å². The Bertz CT molecular complexity index is 1440. The number of amides is 3. The van der Waals surface area contributed by atoms with Crippen LogP contribution in [0.2, 0.25) is 5.02 Å². The highest BCUT2D eigenvalue weighted by molar-refractivity contribution is 6.34. The summed E-state index contributed by atoms with van der Waals surface area (Å²) in [4.78, 5) is 42.6. The number of aromatic nitrogens is 3. The molecule has 1 aliphatic rings. The molecule has 0 radical (unpaired) electrons. The lowest BCUT2D eigenvalue weighted by atomic mass is 10.1. The van der Waals surface area contributed by atoms with Crippen LogP contribution < -0.4 is 10.6 Å². The maximum Gasteiger partial charge on any atom is 0.433 e. The molecule has 1 fully saturated rings. The Morgan fingerprint density at radius 1 is 1.18 bits per heavy atom. The van der Waals surface area contributed by atoms with Crippen LogP contribution in [0.4, 0.5) is 23.7 Å². The van der Waals surface area contributed by atoms with E-state index in [9.17, 15) is 27.6 Å². The molecule has 40 heavy (non-hydrogen) atoms. The Kier molecular flexibility index (Phi) is 8.24. The highest BCUT2D eigenvalue weighted by Crippen LogP contribution is 2.29. The number of alkyl halides is 3. The molecule has 1 saturated heterocycles. The lowest BCUT2D eigenvalue weighted by Gasteiger charge is -2.34. The minimum atomic E-state index is -4.69. The second-order valence-electron chi connectivity index (χ2n) is 10.4. The van der Waals surface area contributed by atoms with Crippen LogP contribution in [0.25, 0.3) is 10.9 Å². The summed E-state index contributed by atoms with van der Waals surface area (Å²) in [5, 5.41) is 10.4. The van der Waals surface area contributed by atoms with Gasteiger partial charge in [-0.2, -0.15) is 18.3 Å². The number of likely N-dealkylation sites (tertiary alicyclic amines) is 1. The van der Waals surface area contributed by atoms with Gasteiger partial charge in [0.1, 0.15) is 23.5 Å². The van der Waals surface area contributed by atoms with Gasteiger partial charge in [-0.25, -0.2) is 9.78 Å². The van der Waals surface area contributed by atoms with Crippen LogP contribution in [0.15, 0.2) is 36.5 Å². The number of pyridine rings is 1. The van der Waals surface area contributed by atoms with Crippen molar-refractivity contribution in [1.29, 1.82) is 0 Å². The highest BCUT2D eigenvalue weighted by atomic mass is 35.5. The molecule has 0 spiro atoms. The van der Waals surface area contributed by atoms with E-state index >= 15 is 0 Å². The van der Waals surface area contributed by atoms with E-state index in [4.69, 9.17) is 16.3 Å². The monoisotopic (exact) mass is 580 g/mol. The zero-order valence-electron chi connectivity index (χ0n) is 22.0. The van der Waals surface area contributed by atoms with Gasteiger partial charge in [0.05, 0.1) is 16.2 Å². The number of carbonyl (C=O) groups is 3. The van der Waals surface area contributed by atoms with Crippen molar-refractivity contribution in [3.05, 3.63) is 52.9 Å². The minimum absolute atomic E-state index is 0.104. The number of anilines is 1. The average molecular weight is 581 g/mol. The summed E-state index contributed by atoms with van der Waals surface area (Å²) >= 11 is 6.28. The van der Waals surface area contributed by atoms with Crippen molar-refractivity contribution in [2.75, 3.05) is 18.4 Å². The molecular weight excluding hydrogens is 553 g/mol. The maximum atomic E-state index is 13.0. The van der Waals surface area contributed by atoms with Gasteiger partial charge in [-0.3, -0.25) is 14.3 Å². The minimum Gasteiger partial charge on any atom is -0.444 e.